The SMILES string of the molecule is O=C(COc1ccc(Cl)cc1)N1CCCCO1. The molecule has 0 spiro atoms. The first-order valence-corrected chi connectivity index (χ1v) is 5.95. The quantitative estimate of drug-likeness (QED) is 0.832. The first-order valence-electron chi connectivity index (χ1n) is 5.57. The van der Waals surface area contributed by atoms with Crippen LogP contribution in [-0.4, -0.2) is 30.7 Å². The van der Waals surface area contributed by atoms with E-state index in [2.05, 4.69) is 0 Å². The summed E-state index contributed by atoms with van der Waals surface area (Å²) < 4.78 is 5.35. The van der Waals surface area contributed by atoms with Gasteiger partial charge in [-0.25, -0.2) is 5.06 Å². The van der Waals surface area contributed by atoms with Crippen LogP contribution < -0.4 is 4.74 Å². The van der Waals surface area contributed by atoms with Gasteiger partial charge in [-0.05, 0) is 37.1 Å². The van der Waals surface area contributed by atoms with E-state index < -0.39 is 0 Å². The van der Waals surface area contributed by atoms with Crippen LogP contribution in [0.5, 0.6) is 5.75 Å². The first kappa shape index (κ1) is 12.2. The van der Waals surface area contributed by atoms with Crippen LogP contribution in [0.1, 0.15) is 12.8 Å². The summed E-state index contributed by atoms with van der Waals surface area (Å²) in [6.07, 6.45) is 1.98. The van der Waals surface area contributed by atoms with Gasteiger partial charge in [0.1, 0.15) is 5.75 Å². The predicted octanol–water partition coefficient (Wildman–Crippen LogP) is 2.27. The number of hydroxylamine groups is 2. The molecule has 1 aliphatic rings. The molecule has 92 valence electrons. The number of benzene rings is 1. The Morgan fingerprint density at radius 2 is 2.12 bits per heavy atom. The van der Waals surface area contributed by atoms with Crippen LogP contribution in [0.4, 0.5) is 0 Å². The third-order valence-electron chi connectivity index (χ3n) is 2.46. The lowest BCUT2D eigenvalue weighted by Crippen LogP contribution is -2.38. The molecule has 1 heterocycles. The fourth-order valence-electron chi connectivity index (χ4n) is 1.54. The number of carbonyl (C=O) groups is 1. The summed E-state index contributed by atoms with van der Waals surface area (Å²) in [6, 6.07) is 6.90. The van der Waals surface area contributed by atoms with Gasteiger partial charge in [-0.2, -0.15) is 0 Å². The van der Waals surface area contributed by atoms with Crippen molar-refractivity contribution in [2.45, 2.75) is 12.8 Å². The van der Waals surface area contributed by atoms with E-state index in [1.807, 2.05) is 0 Å². The van der Waals surface area contributed by atoms with Gasteiger partial charge in [-0.1, -0.05) is 11.6 Å². The Balaban J connectivity index is 1.81. The van der Waals surface area contributed by atoms with Gasteiger partial charge in [0.2, 0.25) is 0 Å². The van der Waals surface area contributed by atoms with Gasteiger partial charge in [0, 0.05) is 11.6 Å². The molecule has 1 aromatic rings. The van der Waals surface area contributed by atoms with E-state index in [1.165, 1.54) is 5.06 Å². The van der Waals surface area contributed by atoms with Crippen LogP contribution in [0.15, 0.2) is 24.3 Å². The number of hydrogen-bond donors (Lipinski definition) is 0. The van der Waals surface area contributed by atoms with Crippen LogP contribution in [0, 0.1) is 0 Å². The Bertz CT molecular complexity index is 374. The molecule has 1 saturated heterocycles. The Morgan fingerprint density at radius 1 is 1.35 bits per heavy atom. The van der Waals surface area contributed by atoms with Crippen LogP contribution in [0.25, 0.3) is 0 Å². The summed E-state index contributed by atoms with van der Waals surface area (Å²) in [5, 5.41) is 2.02. The average Bonchev–Trinajstić information content (AvgIpc) is 2.39. The minimum atomic E-state index is -0.153. The second-order valence-corrected chi connectivity index (χ2v) is 4.22. The molecular formula is C12H14ClNO3. The zero-order valence-corrected chi connectivity index (χ0v) is 10.2. The van der Waals surface area contributed by atoms with E-state index in [4.69, 9.17) is 21.2 Å². The Morgan fingerprint density at radius 3 is 2.76 bits per heavy atom. The average molecular weight is 256 g/mol. The first-order chi connectivity index (χ1) is 8.25. The molecule has 1 amide bonds. The highest BCUT2D eigenvalue weighted by Crippen LogP contribution is 2.15. The van der Waals surface area contributed by atoms with Crippen molar-refractivity contribution < 1.29 is 14.4 Å². The molecule has 1 fully saturated rings. The van der Waals surface area contributed by atoms with Crippen molar-refractivity contribution in [3.63, 3.8) is 0 Å². The van der Waals surface area contributed by atoms with Crippen molar-refractivity contribution in [1.82, 2.24) is 5.06 Å². The van der Waals surface area contributed by atoms with E-state index in [1.54, 1.807) is 24.3 Å². The smallest absolute Gasteiger partial charge is 0.283 e. The fraction of sp³-hybridized carbons (Fsp3) is 0.417. The van der Waals surface area contributed by atoms with Gasteiger partial charge in [0.05, 0.1) is 6.61 Å². The van der Waals surface area contributed by atoms with Crippen molar-refractivity contribution in [3.8, 4) is 5.75 Å². The maximum absolute atomic E-state index is 11.7. The lowest BCUT2D eigenvalue weighted by Gasteiger charge is -2.25. The van der Waals surface area contributed by atoms with Gasteiger partial charge in [-0.15, -0.1) is 0 Å². The van der Waals surface area contributed by atoms with Gasteiger partial charge in [0.15, 0.2) is 6.61 Å². The zero-order valence-electron chi connectivity index (χ0n) is 9.39. The predicted molar refractivity (Wildman–Crippen MR) is 63.8 cm³/mol. The minimum absolute atomic E-state index is 0.0123. The normalized spacial score (nSPS) is 15.7. The molecule has 1 aliphatic heterocycles. The summed E-state index contributed by atoms with van der Waals surface area (Å²) in [7, 11) is 0. The van der Waals surface area contributed by atoms with E-state index in [0.717, 1.165) is 12.8 Å². The third-order valence-corrected chi connectivity index (χ3v) is 2.71. The number of carbonyl (C=O) groups excluding carboxylic acids is 1. The van der Waals surface area contributed by atoms with E-state index in [9.17, 15) is 4.79 Å². The molecule has 5 heteroatoms. The highest BCUT2D eigenvalue weighted by Gasteiger charge is 2.17. The van der Waals surface area contributed by atoms with Gasteiger partial charge in [0.25, 0.3) is 5.91 Å². The maximum Gasteiger partial charge on any atom is 0.283 e. The number of nitrogens with zero attached hydrogens (tertiary/aromatic N) is 1. The van der Waals surface area contributed by atoms with Gasteiger partial charge in [-0.3, -0.25) is 9.63 Å². The van der Waals surface area contributed by atoms with Crippen LogP contribution >= 0.6 is 11.6 Å². The molecular weight excluding hydrogens is 242 g/mol. The zero-order chi connectivity index (χ0) is 12.1. The number of halogens is 1. The molecule has 0 bridgehead atoms. The Labute approximate surface area is 105 Å². The largest absolute Gasteiger partial charge is 0.484 e. The highest BCUT2D eigenvalue weighted by molar-refractivity contribution is 6.30. The van der Waals surface area contributed by atoms with E-state index in [-0.39, 0.29) is 12.5 Å². The van der Waals surface area contributed by atoms with Crippen LogP contribution in [0.2, 0.25) is 5.02 Å². The maximum atomic E-state index is 11.7. The number of ether oxygens (including phenoxy) is 1. The van der Waals surface area contributed by atoms with Gasteiger partial charge < -0.3 is 4.74 Å². The molecule has 0 radical (unpaired) electrons. The Kier molecular flexibility index (Phi) is 4.23. The molecule has 0 atom stereocenters. The highest BCUT2D eigenvalue weighted by atomic mass is 35.5. The monoisotopic (exact) mass is 255 g/mol. The molecule has 1 aromatic carbocycles. The van der Waals surface area contributed by atoms with Crippen LogP contribution in [-0.2, 0) is 9.63 Å². The van der Waals surface area contributed by atoms with Crippen LogP contribution in [0.3, 0.4) is 0 Å². The molecule has 0 saturated carbocycles. The van der Waals surface area contributed by atoms with Crippen molar-refractivity contribution in [1.29, 1.82) is 0 Å². The Hall–Kier alpha value is -1.26. The second kappa shape index (κ2) is 5.89. The fourth-order valence-corrected chi connectivity index (χ4v) is 1.67. The third kappa shape index (κ3) is 3.61. The summed E-state index contributed by atoms with van der Waals surface area (Å²) in [6.45, 7) is 1.23. The molecule has 0 unspecified atom stereocenters. The number of amides is 1. The molecule has 0 N–H and O–H groups in total. The molecule has 17 heavy (non-hydrogen) atoms. The second-order valence-electron chi connectivity index (χ2n) is 3.78. The molecule has 0 aromatic heterocycles. The summed E-state index contributed by atoms with van der Waals surface area (Å²) in [5.41, 5.74) is 0. The van der Waals surface area contributed by atoms with E-state index >= 15 is 0 Å². The summed E-state index contributed by atoms with van der Waals surface area (Å²) in [4.78, 5) is 16.9. The summed E-state index contributed by atoms with van der Waals surface area (Å²) >= 11 is 5.75. The molecule has 4 nitrogen and oxygen atoms in total. The standard InChI is InChI=1S/C12H14ClNO3/c13-10-3-5-11(6-4-10)16-9-12(15)14-7-1-2-8-17-14/h3-6H,1-2,7-9H2. The lowest BCUT2D eigenvalue weighted by atomic mass is 10.3. The van der Waals surface area contributed by atoms with E-state index in [0.29, 0.717) is 23.9 Å². The molecule has 0 aliphatic carbocycles. The number of rotatable bonds is 3. The van der Waals surface area contributed by atoms with Crippen molar-refractivity contribution in [3.05, 3.63) is 29.3 Å². The lowest BCUT2D eigenvalue weighted by molar-refractivity contribution is -0.198. The summed E-state index contributed by atoms with van der Waals surface area (Å²) in [5.74, 6) is 0.472. The van der Waals surface area contributed by atoms with Crippen molar-refractivity contribution in [2.75, 3.05) is 19.8 Å². The number of hydrogen-bond acceptors (Lipinski definition) is 3. The molecule has 2 rings (SSSR count). The van der Waals surface area contributed by atoms with Crippen molar-refractivity contribution in [2.24, 2.45) is 0 Å². The van der Waals surface area contributed by atoms with Crippen molar-refractivity contribution >= 4 is 17.5 Å². The van der Waals surface area contributed by atoms with Gasteiger partial charge >= 0.3 is 0 Å². The topological polar surface area (TPSA) is 38.8 Å². The minimum Gasteiger partial charge on any atom is -0.484 e.